The van der Waals surface area contributed by atoms with Crippen LogP contribution in [0.1, 0.15) is 22.8 Å². The molecule has 0 spiro atoms. The molecular formula is C13H18N2O3. The summed E-state index contributed by atoms with van der Waals surface area (Å²) in [6.07, 6.45) is 0. The molecule has 1 rings (SSSR count). The third kappa shape index (κ3) is 3.76. The van der Waals surface area contributed by atoms with Gasteiger partial charge in [0, 0.05) is 18.3 Å². The number of rotatable bonds is 4. The van der Waals surface area contributed by atoms with Gasteiger partial charge in [0.15, 0.2) is 0 Å². The maximum absolute atomic E-state index is 12.1. The average Bonchev–Trinajstić information content (AvgIpc) is 2.26. The number of nitrogen functional groups attached to an aromatic ring is 1. The first-order chi connectivity index (χ1) is 8.43. The Bertz CT molecular complexity index is 437. The van der Waals surface area contributed by atoms with Crippen LogP contribution >= 0.6 is 0 Å². The molecule has 0 aliphatic carbocycles. The molecule has 0 aromatic heterocycles. The van der Waals surface area contributed by atoms with E-state index in [1.54, 1.807) is 32.2 Å². The van der Waals surface area contributed by atoms with E-state index in [1.165, 1.54) is 4.90 Å². The number of hydrogen-bond donors (Lipinski definition) is 1. The van der Waals surface area contributed by atoms with Gasteiger partial charge in [0.2, 0.25) is 0 Å². The third-order valence-corrected chi connectivity index (χ3v) is 2.36. The molecule has 5 heteroatoms. The fourth-order valence-corrected chi connectivity index (χ4v) is 1.63. The van der Waals surface area contributed by atoms with E-state index in [9.17, 15) is 9.59 Å². The zero-order valence-electron chi connectivity index (χ0n) is 10.9. The van der Waals surface area contributed by atoms with Crippen molar-refractivity contribution >= 4 is 17.6 Å². The number of nitrogens with zero attached hydrogens (tertiary/aromatic N) is 1. The minimum absolute atomic E-state index is 0.0689. The predicted molar refractivity (Wildman–Crippen MR) is 69.2 cm³/mol. The highest BCUT2D eigenvalue weighted by atomic mass is 16.5. The van der Waals surface area contributed by atoms with E-state index < -0.39 is 5.97 Å². The average molecular weight is 250 g/mol. The predicted octanol–water partition coefficient (Wildman–Crippen LogP) is 1.21. The van der Waals surface area contributed by atoms with Gasteiger partial charge in [-0.3, -0.25) is 9.59 Å². The minimum Gasteiger partial charge on any atom is -0.465 e. The van der Waals surface area contributed by atoms with Crippen molar-refractivity contribution in [3.05, 3.63) is 29.3 Å². The summed E-state index contributed by atoms with van der Waals surface area (Å²) in [4.78, 5) is 24.6. The van der Waals surface area contributed by atoms with Crippen molar-refractivity contribution in [2.24, 2.45) is 0 Å². The van der Waals surface area contributed by atoms with Crippen LogP contribution in [-0.2, 0) is 9.53 Å². The topological polar surface area (TPSA) is 72.6 Å². The Balaban J connectivity index is 2.77. The molecule has 98 valence electrons. The molecule has 5 nitrogen and oxygen atoms in total. The summed E-state index contributed by atoms with van der Waals surface area (Å²) < 4.78 is 4.79. The quantitative estimate of drug-likeness (QED) is 0.644. The summed E-state index contributed by atoms with van der Waals surface area (Å²) in [5, 5.41) is 0. The van der Waals surface area contributed by atoms with Crippen molar-refractivity contribution in [3.63, 3.8) is 0 Å². The van der Waals surface area contributed by atoms with Gasteiger partial charge in [-0.2, -0.15) is 0 Å². The molecule has 0 aliphatic rings. The number of aryl methyl sites for hydroxylation is 1. The van der Waals surface area contributed by atoms with E-state index in [0.717, 1.165) is 5.56 Å². The summed E-state index contributed by atoms with van der Waals surface area (Å²) in [6.45, 7) is 3.82. The summed E-state index contributed by atoms with van der Waals surface area (Å²) in [5.41, 5.74) is 7.59. The number of esters is 1. The van der Waals surface area contributed by atoms with Crippen molar-refractivity contribution < 1.29 is 14.3 Å². The summed E-state index contributed by atoms with van der Waals surface area (Å²) >= 11 is 0. The number of hydrogen-bond acceptors (Lipinski definition) is 4. The number of carbonyl (C=O) groups excluding carboxylic acids is 2. The first-order valence-corrected chi connectivity index (χ1v) is 5.72. The summed E-state index contributed by atoms with van der Waals surface area (Å²) in [7, 11) is 1.55. The molecule has 0 heterocycles. The number of benzene rings is 1. The van der Waals surface area contributed by atoms with Crippen molar-refractivity contribution in [1.29, 1.82) is 0 Å². The monoisotopic (exact) mass is 250 g/mol. The molecule has 0 saturated heterocycles. The van der Waals surface area contributed by atoms with Gasteiger partial charge in [0.05, 0.1) is 6.61 Å². The van der Waals surface area contributed by atoms with Gasteiger partial charge in [0.1, 0.15) is 6.54 Å². The minimum atomic E-state index is -0.422. The van der Waals surface area contributed by atoms with Crippen molar-refractivity contribution in [3.8, 4) is 0 Å². The van der Waals surface area contributed by atoms with Crippen molar-refractivity contribution in [2.75, 3.05) is 25.9 Å². The zero-order valence-corrected chi connectivity index (χ0v) is 10.9. The van der Waals surface area contributed by atoms with E-state index >= 15 is 0 Å². The van der Waals surface area contributed by atoms with Crippen LogP contribution in [-0.4, -0.2) is 37.0 Å². The fourth-order valence-electron chi connectivity index (χ4n) is 1.63. The largest absolute Gasteiger partial charge is 0.465 e. The molecule has 0 bridgehead atoms. The van der Waals surface area contributed by atoms with E-state index in [4.69, 9.17) is 10.5 Å². The summed E-state index contributed by atoms with van der Waals surface area (Å²) in [6, 6.07) is 5.11. The summed E-state index contributed by atoms with van der Waals surface area (Å²) in [5.74, 6) is -0.674. The fraction of sp³-hybridized carbons (Fsp3) is 0.385. The number of nitrogens with two attached hydrogens (primary N) is 1. The number of anilines is 1. The van der Waals surface area contributed by atoms with Gasteiger partial charge in [-0.1, -0.05) is 0 Å². The van der Waals surface area contributed by atoms with Crippen LogP contribution in [0, 0.1) is 6.92 Å². The molecule has 0 radical (unpaired) electrons. The SMILES string of the molecule is CCOC(=O)CN(C)C(=O)c1cc(C)cc(N)c1. The van der Waals surface area contributed by atoms with Gasteiger partial charge in [-0.25, -0.2) is 0 Å². The second-order valence-electron chi connectivity index (χ2n) is 4.10. The highest BCUT2D eigenvalue weighted by Crippen LogP contribution is 2.12. The molecule has 0 atom stereocenters. The van der Waals surface area contributed by atoms with Crippen LogP contribution in [0.5, 0.6) is 0 Å². The first kappa shape index (κ1) is 14.0. The normalized spacial score (nSPS) is 9.94. The standard InChI is InChI=1S/C13H18N2O3/c1-4-18-12(16)8-15(3)13(17)10-5-9(2)6-11(14)7-10/h5-7H,4,8,14H2,1-3H3. The molecule has 1 amide bonds. The van der Waals surface area contributed by atoms with Gasteiger partial charge < -0.3 is 15.4 Å². The first-order valence-electron chi connectivity index (χ1n) is 5.72. The molecule has 0 unspecified atom stereocenters. The Morgan fingerprint density at radius 1 is 1.33 bits per heavy atom. The molecule has 2 N–H and O–H groups in total. The maximum atomic E-state index is 12.1. The Hall–Kier alpha value is -2.04. The zero-order chi connectivity index (χ0) is 13.7. The smallest absolute Gasteiger partial charge is 0.325 e. The Kier molecular flexibility index (Phi) is 4.71. The Morgan fingerprint density at radius 2 is 2.00 bits per heavy atom. The molecule has 1 aromatic rings. The van der Waals surface area contributed by atoms with Crippen LogP contribution < -0.4 is 5.73 Å². The Morgan fingerprint density at radius 3 is 2.56 bits per heavy atom. The lowest BCUT2D eigenvalue weighted by molar-refractivity contribution is -0.143. The molecule has 1 aromatic carbocycles. The molecule has 0 aliphatic heterocycles. The van der Waals surface area contributed by atoms with Gasteiger partial charge >= 0.3 is 5.97 Å². The molecule has 18 heavy (non-hydrogen) atoms. The van der Waals surface area contributed by atoms with E-state index in [2.05, 4.69) is 0 Å². The van der Waals surface area contributed by atoms with Gasteiger partial charge in [-0.15, -0.1) is 0 Å². The van der Waals surface area contributed by atoms with Crippen LogP contribution in [0.2, 0.25) is 0 Å². The maximum Gasteiger partial charge on any atom is 0.325 e. The van der Waals surface area contributed by atoms with Gasteiger partial charge in [-0.05, 0) is 37.6 Å². The number of amides is 1. The molecule has 0 fully saturated rings. The van der Waals surface area contributed by atoms with Crippen LogP contribution in [0.25, 0.3) is 0 Å². The third-order valence-electron chi connectivity index (χ3n) is 2.36. The van der Waals surface area contributed by atoms with Crippen LogP contribution in [0.3, 0.4) is 0 Å². The Labute approximate surface area is 107 Å². The highest BCUT2D eigenvalue weighted by molar-refractivity contribution is 5.96. The van der Waals surface area contributed by atoms with Crippen molar-refractivity contribution in [2.45, 2.75) is 13.8 Å². The number of carbonyl (C=O) groups is 2. The lowest BCUT2D eigenvalue weighted by Gasteiger charge is -2.16. The number of ether oxygens (including phenoxy) is 1. The van der Waals surface area contributed by atoms with E-state index in [1.807, 2.05) is 6.92 Å². The van der Waals surface area contributed by atoms with E-state index in [0.29, 0.717) is 17.9 Å². The second-order valence-corrected chi connectivity index (χ2v) is 4.10. The lowest BCUT2D eigenvalue weighted by atomic mass is 10.1. The number of likely N-dealkylation sites (N-methyl/N-ethyl adjacent to an activating group) is 1. The van der Waals surface area contributed by atoms with Crippen LogP contribution in [0.15, 0.2) is 18.2 Å². The lowest BCUT2D eigenvalue weighted by Crippen LogP contribution is -2.33. The van der Waals surface area contributed by atoms with E-state index in [-0.39, 0.29) is 12.5 Å². The molecule has 0 saturated carbocycles. The van der Waals surface area contributed by atoms with Gasteiger partial charge in [0.25, 0.3) is 5.91 Å². The molecular weight excluding hydrogens is 232 g/mol. The highest BCUT2D eigenvalue weighted by Gasteiger charge is 2.16. The van der Waals surface area contributed by atoms with Crippen molar-refractivity contribution in [1.82, 2.24) is 4.90 Å². The second kappa shape index (κ2) is 6.05. The van der Waals surface area contributed by atoms with Crippen LogP contribution in [0.4, 0.5) is 5.69 Å².